The van der Waals surface area contributed by atoms with E-state index in [2.05, 4.69) is 5.32 Å². The van der Waals surface area contributed by atoms with Crippen molar-refractivity contribution in [2.75, 3.05) is 17.3 Å². The summed E-state index contributed by atoms with van der Waals surface area (Å²) in [7, 11) is 1.59. The first-order valence-electron chi connectivity index (χ1n) is 11.3. The molecular weight excluding hydrogens is 416 g/mol. The first-order valence-corrected chi connectivity index (χ1v) is 11.3. The quantitative estimate of drug-likeness (QED) is 0.494. The Labute approximate surface area is 193 Å². The molecule has 0 spiro atoms. The molecule has 2 aliphatic rings. The van der Waals surface area contributed by atoms with Crippen molar-refractivity contribution in [1.29, 1.82) is 0 Å². The molecule has 1 heterocycles. The monoisotopic (exact) mass is 442 g/mol. The number of anilines is 2. The van der Waals surface area contributed by atoms with E-state index in [1.165, 1.54) is 4.90 Å². The maximum absolute atomic E-state index is 13.2. The van der Waals surface area contributed by atoms with Crippen LogP contribution in [-0.4, -0.2) is 25.0 Å². The minimum Gasteiger partial charge on any atom is -0.493 e. The molecule has 6 nitrogen and oxygen atoms in total. The maximum atomic E-state index is 13.2. The lowest BCUT2D eigenvalue weighted by Gasteiger charge is -2.19. The zero-order valence-electron chi connectivity index (χ0n) is 18.5. The summed E-state index contributed by atoms with van der Waals surface area (Å²) in [6.45, 7) is 0.631. The largest absolute Gasteiger partial charge is 0.493 e. The first-order chi connectivity index (χ1) is 16.1. The number of imide groups is 1. The number of hydrogen-bond donors (Lipinski definition) is 1. The average Bonchev–Trinajstić information content (AvgIpc) is 3.44. The number of methoxy groups -OCH3 is 1. The van der Waals surface area contributed by atoms with Crippen LogP contribution in [0.5, 0.6) is 11.5 Å². The van der Waals surface area contributed by atoms with Crippen LogP contribution < -0.4 is 19.7 Å². The van der Waals surface area contributed by atoms with Gasteiger partial charge < -0.3 is 14.8 Å². The van der Waals surface area contributed by atoms with Crippen molar-refractivity contribution in [3.05, 3.63) is 83.4 Å². The zero-order chi connectivity index (χ0) is 22.8. The molecule has 3 aromatic carbocycles. The molecule has 0 saturated heterocycles. The summed E-state index contributed by atoms with van der Waals surface area (Å²) in [6.07, 6.45) is 4.42. The summed E-state index contributed by atoms with van der Waals surface area (Å²) in [5, 5.41) is 3.33. The zero-order valence-corrected chi connectivity index (χ0v) is 18.5. The topological polar surface area (TPSA) is 67.9 Å². The van der Waals surface area contributed by atoms with Gasteiger partial charge in [0, 0.05) is 18.3 Å². The third-order valence-corrected chi connectivity index (χ3v) is 6.23. The number of ether oxygens (including phenoxy) is 2. The fourth-order valence-corrected chi connectivity index (χ4v) is 4.47. The Morgan fingerprint density at radius 2 is 1.64 bits per heavy atom. The van der Waals surface area contributed by atoms with Gasteiger partial charge in [-0.1, -0.05) is 30.3 Å². The van der Waals surface area contributed by atoms with Crippen molar-refractivity contribution in [3.8, 4) is 11.5 Å². The van der Waals surface area contributed by atoms with Crippen LogP contribution >= 0.6 is 0 Å². The first kappa shape index (κ1) is 21.1. The number of hydrogen-bond acceptors (Lipinski definition) is 5. The van der Waals surface area contributed by atoms with Crippen molar-refractivity contribution in [2.45, 2.75) is 38.3 Å². The molecular formula is C27H26N2O4. The van der Waals surface area contributed by atoms with Crippen molar-refractivity contribution in [1.82, 2.24) is 0 Å². The molecule has 2 amide bonds. The predicted molar refractivity (Wildman–Crippen MR) is 127 cm³/mol. The highest BCUT2D eigenvalue weighted by molar-refractivity contribution is 6.34. The number of nitrogens with zero attached hydrogens (tertiary/aromatic N) is 1. The summed E-state index contributed by atoms with van der Waals surface area (Å²) in [5.41, 5.74) is 3.20. The molecule has 6 heteroatoms. The number of amides is 2. The molecule has 1 N–H and O–H groups in total. The van der Waals surface area contributed by atoms with Crippen LogP contribution in [0.4, 0.5) is 11.4 Å². The van der Waals surface area contributed by atoms with E-state index in [4.69, 9.17) is 9.47 Å². The van der Waals surface area contributed by atoms with E-state index < -0.39 is 0 Å². The van der Waals surface area contributed by atoms with E-state index in [-0.39, 0.29) is 17.9 Å². The van der Waals surface area contributed by atoms with Gasteiger partial charge in [0.25, 0.3) is 11.8 Å². The number of nitrogens with one attached hydrogen (secondary N) is 1. The van der Waals surface area contributed by atoms with Gasteiger partial charge in [-0.25, -0.2) is 4.90 Å². The molecule has 0 unspecified atom stereocenters. The normalized spacial score (nSPS) is 15.6. The SMILES string of the molecule is COc1ccc(N2C(=O)c3ccc(NCc4ccccc4)cc3C2=O)cc1OC1CCCC1. The smallest absolute Gasteiger partial charge is 0.266 e. The number of rotatable bonds is 7. The van der Waals surface area contributed by atoms with Crippen LogP contribution in [0.25, 0.3) is 0 Å². The van der Waals surface area contributed by atoms with Gasteiger partial charge in [0.2, 0.25) is 0 Å². The van der Waals surface area contributed by atoms with Crippen molar-refractivity contribution < 1.29 is 19.1 Å². The molecule has 0 radical (unpaired) electrons. The van der Waals surface area contributed by atoms with Crippen LogP contribution in [-0.2, 0) is 6.54 Å². The summed E-state index contributed by atoms with van der Waals surface area (Å²) < 4.78 is 11.6. The van der Waals surface area contributed by atoms with Gasteiger partial charge in [-0.2, -0.15) is 0 Å². The van der Waals surface area contributed by atoms with E-state index in [0.29, 0.717) is 34.9 Å². The lowest BCUT2D eigenvalue weighted by Crippen LogP contribution is -2.29. The van der Waals surface area contributed by atoms with Crippen LogP contribution in [0.3, 0.4) is 0 Å². The maximum Gasteiger partial charge on any atom is 0.266 e. The Morgan fingerprint density at radius 1 is 0.879 bits per heavy atom. The Bertz CT molecular complexity index is 1190. The fourth-order valence-electron chi connectivity index (χ4n) is 4.47. The van der Waals surface area contributed by atoms with Gasteiger partial charge in [-0.15, -0.1) is 0 Å². The van der Waals surface area contributed by atoms with E-state index in [9.17, 15) is 9.59 Å². The van der Waals surface area contributed by atoms with Gasteiger partial charge in [-0.05, 0) is 61.6 Å². The molecule has 168 valence electrons. The lowest BCUT2D eigenvalue weighted by atomic mass is 10.1. The molecule has 1 fully saturated rings. The molecule has 1 saturated carbocycles. The van der Waals surface area contributed by atoms with Gasteiger partial charge in [0.05, 0.1) is 30.0 Å². The second kappa shape index (κ2) is 8.98. The van der Waals surface area contributed by atoms with Crippen LogP contribution in [0, 0.1) is 0 Å². The van der Waals surface area contributed by atoms with Gasteiger partial charge in [0.15, 0.2) is 11.5 Å². The fraction of sp³-hybridized carbons (Fsp3) is 0.259. The highest BCUT2D eigenvalue weighted by Crippen LogP contribution is 2.38. The van der Waals surface area contributed by atoms with Crippen LogP contribution in [0.15, 0.2) is 66.7 Å². The summed E-state index contributed by atoms with van der Waals surface area (Å²) >= 11 is 0. The number of carbonyl (C=O) groups excluding carboxylic acids is 2. The molecule has 0 aromatic heterocycles. The molecule has 0 bridgehead atoms. The second-order valence-electron chi connectivity index (χ2n) is 8.40. The van der Waals surface area contributed by atoms with Crippen molar-refractivity contribution >= 4 is 23.2 Å². The second-order valence-corrected chi connectivity index (χ2v) is 8.40. The predicted octanol–water partition coefficient (Wildman–Crippen LogP) is 5.43. The summed E-state index contributed by atoms with van der Waals surface area (Å²) in [6, 6.07) is 20.5. The van der Waals surface area contributed by atoms with Crippen LogP contribution in [0.1, 0.15) is 52.0 Å². The standard InChI is InChI=1S/C27H26N2O4/c1-32-24-14-12-20(16-25(24)33-21-9-5-6-10-21)29-26(30)22-13-11-19(15-23(22)27(29)31)28-17-18-7-3-2-4-8-18/h2-4,7-8,11-16,21,28H,5-6,9-10,17H2,1H3. The Morgan fingerprint density at radius 3 is 2.39 bits per heavy atom. The van der Waals surface area contributed by atoms with E-state index in [1.54, 1.807) is 37.4 Å². The Kier molecular flexibility index (Phi) is 5.73. The number of benzene rings is 3. The molecule has 1 aliphatic heterocycles. The van der Waals surface area contributed by atoms with Crippen LogP contribution in [0.2, 0.25) is 0 Å². The van der Waals surface area contributed by atoms with E-state index >= 15 is 0 Å². The number of fused-ring (bicyclic) bond motifs is 1. The Balaban J connectivity index is 1.38. The van der Waals surface area contributed by atoms with Gasteiger partial charge in [-0.3, -0.25) is 9.59 Å². The molecule has 1 aliphatic carbocycles. The van der Waals surface area contributed by atoms with E-state index in [1.807, 2.05) is 36.4 Å². The third-order valence-electron chi connectivity index (χ3n) is 6.23. The molecule has 33 heavy (non-hydrogen) atoms. The minimum absolute atomic E-state index is 0.134. The molecule has 3 aromatic rings. The molecule has 0 atom stereocenters. The highest BCUT2D eigenvalue weighted by atomic mass is 16.5. The van der Waals surface area contributed by atoms with Crippen molar-refractivity contribution in [2.24, 2.45) is 0 Å². The highest BCUT2D eigenvalue weighted by Gasteiger charge is 2.37. The number of carbonyl (C=O) groups is 2. The minimum atomic E-state index is -0.338. The summed E-state index contributed by atoms with van der Waals surface area (Å²) in [4.78, 5) is 27.6. The van der Waals surface area contributed by atoms with Gasteiger partial charge >= 0.3 is 0 Å². The Hall–Kier alpha value is -3.80. The van der Waals surface area contributed by atoms with Gasteiger partial charge in [0.1, 0.15) is 0 Å². The molecule has 5 rings (SSSR count). The van der Waals surface area contributed by atoms with Crippen molar-refractivity contribution in [3.63, 3.8) is 0 Å². The van der Waals surface area contributed by atoms with E-state index in [0.717, 1.165) is 36.9 Å². The third kappa shape index (κ3) is 4.16. The average molecular weight is 443 g/mol. The summed E-state index contributed by atoms with van der Waals surface area (Å²) in [5.74, 6) is 0.482. The lowest BCUT2D eigenvalue weighted by molar-refractivity contribution is 0.0926.